The second-order valence-corrected chi connectivity index (χ2v) is 6.93. The van der Waals surface area contributed by atoms with Crippen LogP contribution >= 0.6 is 12.2 Å². The predicted octanol–water partition coefficient (Wildman–Crippen LogP) is 3.00. The van der Waals surface area contributed by atoms with Crippen molar-refractivity contribution < 1.29 is 9.53 Å². The van der Waals surface area contributed by atoms with Crippen LogP contribution in [-0.4, -0.2) is 38.7 Å². The van der Waals surface area contributed by atoms with Crippen LogP contribution in [0.4, 0.5) is 0 Å². The maximum atomic E-state index is 12.1. The van der Waals surface area contributed by atoms with Gasteiger partial charge in [0.15, 0.2) is 5.11 Å². The van der Waals surface area contributed by atoms with Gasteiger partial charge in [-0.15, -0.1) is 0 Å². The molecule has 1 N–H and O–H groups in total. The summed E-state index contributed by atoms with van der Waals surface area (Å²) < 4.78 is 7.28. The van der Waals surface area contributed by atoms with Crippen LogP contribution in [0.5, 0.6) is 0 Å². The number of ether oxygens (including phenoxy) is 1. The number of carbonyl (C=O) groups excluding carboxylic acids is 1. The number of nitrogens with zero attached hydrogens (tertiary/aromatic N) is 3. The minimum Gasteiger partial charge on any atom is -0.465 e. The first kappa shape index (κ1) is 18.4. The summed E-state index contributed by atoms with van der Waals surface area (Å²) in [4.78, 5) is 18.5. The molecule has 0 radical (unpaired) electrons. The monoisotopic (exact) mass is 372 g/mol. The van der Waals surface area contributed by atoms with E-state index in [1.165, 1.54) is 0 Å². The quantitative estimate of drug-likeness (QED) is 0.621. The van der Waals surface area contributed by atoms with Crippen LogP contribution in [0.15, 0.2) is 42.9 Å². The first-order valence-electron chi connectivity index (χ1n) is 8.82. The van der Waals surface area contributed by atoms with Crippen molar-refractivity contribution in [1.82, 2.24) is 19.8 Å². The number of thiocarbonyl (C=S) groups is 1. The number of esters is 1. The van der Waals surface area contributed by atoms with Gasteiger partial charge in [0, 0.05) is 24.6 Å². The smallest absolute Gasteiger partial charge is 0.325 e. The summed E-state index contributed by atoms with van der Waals surface area (Å²) >= 11 is 5.53. The van der Waals surface area contributed by atoms with Gasteiger partial charge in [-0.05, 0) is 56.8 Å². The molecule has 1 aliphatic heterocycles. The fourth-order valence-electron chi connectivity index (χ4n) is 3.21. The molecular formula is C19H24N4O2S. The molecule has 138 valence electrons. The molecule has 0 aromatic carbocycles. The minimum atomic E-state index is -0.286. The van der Waals surface area contributed by atoms with Crippen LogP contribution in [0, 0.1) is 0 Å². The van der Waals surface area contributed by atoms with E-state index in [2.05, 4.69) is 47.2 Å². The van der Waals surface area contributed by atoms with E-state index in [0.717, 1.165) is 11.3 Å². The lowest BCUT2D eigenvalue weighted by molar-refractivity contribution is -0.143. The molecule has 0 spiro atoms. The molecule has 2 aromatic rings. The number of aromatic nitrogens is 2. The standard InChI is InChI=1S/C19H24N4O2S/c1-4-25-16(24)12-23-18(14-8-10-22(11-14)13(2)3)17(21-19(23)26)15-7-5-6-9-20-15/h5-11,13,17-18H,4,12H2,1-3H3,(H,21,26)/t17-,18+/m0/s1. The van der Waals surface area contributed by atoms with E-state index in [-0.39, 0.29) is 24.6 Å². The lowest BCUT2D eigenvalue weighted by atomic mass is 9.99. The van der Waals surface area contributed by atoms with Crippen LogP contribution in [0.1, 0.15) is 50.2 Å². The summed E-state index contributed by atoms with van der Waals surface area (Å²) in [5.41, 5.74) is 1.98. The molecule has 0 amide bonds. The number of carbonyl (C=O) groups is 1. The Morgan fingerprint density at radius 1 is 1.38 bits per heavy atom. The van der Waals surface area contributed by atoms with Gasteiger partial charge in [-0.1, -0.05) is 6.07 Å². The Labute approximate surface area is 159 Å². The van der Waals surface area contributed by atoms with Crippen molar-refractivity contribution in [2.75, 3.05) is 13.2 Å². The average Bonchev–Trinajstić information content (AvgIpc) is 3.22. The van der Waals surface area contributed by atoms with Crippen molar-refractivity contribution in [2.45, 2.75) is 38.9 Å². The van der Waals surface area contributed by atoms with Gasteiger partial charge < -0.3 is 19.5 Å². The van der Waals surface area contributed by atoms with E-state index >= 15 is 0 Å². The number of hydrogen-bond donors (Lipinski definition) is 1. The molecule has 2 aromatic heterocycles. The Kier molecular flexibility index (Phi) is 5.56. The lowest BCUT2D eigenvalue weighted by Gasteiger charge is -2.26. The average molecular weight is 372 g/mol. The zero-order chi connectivity index (χ0) is 18.7. The van der Waals surface area contributed by atoms with Crippen molar-refractivity contribution in [1.29, 1.82) is 0 Å². The molecule has 26 heavy (non-hydrogen) atoms. The molecule has 7 heteroatoms. The maximum Gasteiger partial charge on any atom is 0.325 e. The number of pyridine rings is 1. The van der Waals surface area contributed by atoms with Gasteiger partial charge in [0.25, 0.3) is 0 Å². The van der Waals surface area contributed by atoms with Crippen molar-refractivity contribution in [3.05, 3.63) is 54.1 Å². The van der Waals surface area contributed by atoms with Gasteiger partial charge in [-0.3, -0.25) is 9.78 Å². The Balaban J connectivity index is 1.96. The van der Waals surface area contributed by atoms with Crippen LogP contribution in [0.25, 0.3) is 0 Å². The molecule has 2 atom stereocenters. The van der Waals surface area contributed by atoms with Gasteiger partial charge in [-0.2, -0.15) is 0 Å². The van der Waals surface area contributed by atoms with E-state index in [4.69, 9.17) is 17.0 Å². The van der Waals surface area contributed by atoms with Crippen molar-refractivity contribution in [3.8, 4) is 0 Å². The third-order valence-electron chi connectivity index (χ3n) is 4.48. The highest BCUT2D eigenvalue weighted by Crippen LogP contribution is 2.38. The number of nitrogens with one attached hydrogen (secondary N) is 1. The topological polar surface area (TPSA) is 59.4 Å². The summed E-state index contributed by atoms with van der Waals surface area (Å²) in [6.07, 6.45) is 5.93. The van der Waals surface area contributed by atoms with Crippen molar-refractivity contribution in [3.63, 3.8) is 0 Å². The Morgan fingerprint density at radius 2 is 2.19 bits per heavy atom. The van der Waals surface area contributed by atoms with Crippen LogP contribution < -0.4 is 5.32 Å². The molecule has 0 aliphatic carbocycles. The van der Waals surface area contributed by atoms with Gasteiger partial charge in [0.05, 0.1) is 24.4 Å². The maximum absolute atomic E-state index is 12.1. The Bertz CT molecular complexity index is 775. The first-order chi connectivity index (χ1) is 12.5. The normalized spacial score (nSPS) is 19.7. The third-order valence-corrected chi connectivity index (χ3v) is 4.83. The van der Waals surface area contributed by atoms with Gasteiger partial charge in [0.1, 0.15) is 6.54 Å². The Hall–Kier alpha value is -2.41. The van der Waals surface area contributed by atoms with Crippen LogP contribution in [0.3, 0.4) is 0 Å². The second kappa shape index (κ2) is 7.86. The number of rotatable bonds is 6. The molecule has 6 nitrogen and oxygen atoms in total. The first-order valence-corrected chi connectivity index (χ1v) is 9.23. The summed E-state index contributed by atoms with van der Waals surface area (Å²) in [6.45, 7) is 6.53. The fourth-order valence-corrected chi connectivity index (χ4v) is 3.52. The lowest BCUT2D eigenvalue weighted by Crippen LogP contribution is -2.35. The van der Waals surface area contributed by atoms with Crippen molar-refractivity contribution in [2.24, 2.45) is 0 Å². The predicted molar refractivity (Wildman–Crippen MR) is 104 cm³/mol. The molecule has 1 fully saturated rings. The highest BCUT2D eigenvalue weighted by atomic mass is 32.1. The summed E-state index contributed by atoms with van der Waals surface area (Å²) in [5.74, 6) is -0.286. The molecule has 0 saturated carbocycles. The van der Waals surface area contributed by atoms with Crippen LogP contribution in [-0.2, 0) is 9.53 Å². The third kappa shape index (κ3) is 3.72. The molecule has 0 bridgehead atoms. The zero-order valence-electron chi connectivity index (χ0n) is 15.3. The van der Waals surface area contributed by atoms with Gasteiger partial charge >= 0.3 is 5.97 Å². The summed E-state index contributed by atoms with van der Waals surface area (Å²) in [5, 5.41) is 3.87. The highest BCUT2D eigenvalue weighted by molar-refractivity contribution is 7.80. The highest BCUT2D eigenvalue weighted by Gasteiger charge is 2.41. The van der Waals surface area contributed by atoms with Gasteiger partial charge in [-0.25, -0.2) is 0 Å². The SMILES string of the molecule is CCOC(=O)CN1C(=S)N[C@@H](c2ccccn2)[C@H]1c1ccn(C(C)C)c1. The van der Waals surface area contributed by atoms with E-state index in [1.807, 2.05) is 23.1 Å². The van der Waals surface area contributed by atoms with Gasteiger partial charge in [0.2, 0.25) is 0 Å². The molecular weight excluding hydrogens is 348 g/mol. The summed E-state index contributed by atoms with van der Waals surface area (Å²) in [6, 6.07) is 8.00. The van der Waals surface area contributed by atoms with Crippen molar-refractivity contribution >= 4 is 23.3 Å². The largest absolute Gasteiger partial charge is 0.465 e. The fraction of sp³-hybridized carbons (Fsp3) is 0.421. The Morgan fingerprint density at radius 3 is 2.81 bits per heavy atom. The molecule has 3 heterocycles. The van der Waals surface area contributed by atoms with E-state index < -0.39 is 0 Å². The van der Waals surface area contributed by atoms with E-state index in [1.54, 1.807) is 13.1 Å². The van der Waals surface area contributed by atoms with Crippen LogP contribution in [0.2, 0.25) is 0 Å². The molecule has 0 unspecified atom stereocenters. The molecule has 3 rings (SSSR count). The minimum absolute atomic E-state index is 0.112. The molecule has 1 saturated heterocycles. The van der Waals surface area contributed by atoms with E-state index in [0.29, 0.717) is 17.8 Å². The molecule has 1 aliphatic rings. The second-order valence-electron chi connectivity index (χ2n) is 6.55. The number of hydrogen-bond acceptors (Lipinski definition) is 4. The van der Waals surface area contributed by atoms with E-state index in [9.17, 15) is 4.79 Å². The zero-order valence-corrected chi connectivity index (χ0v) is 16.1. The summed E-state index contributed by atoms with van der Waals surface area (Å²) in [7, 11) is 0.